The van der Waals surface area contributed by atoms with E-state index < -0.39 is 0 Å². The van der Waals surface area contributed by atoms with E-state index in [1.807, 2.05) is 72.8 Å². The van der Waals surface area contributed by atoms with E-state index in [1.54, 1.807) is 36.4 Å². The smallest absolute Gasteiger partial charge is 0.298 e. The molecule has 0 aliphatic carbocycles. The lowest BCUT2D eigenvalue weighted by atomic mass is 10.0. The molecule has 0 atom stereocenters. The van der Waals surface area contributed by atoms with Crippen molar-refractivity contribution in [1.82, 2.24) is 0 Å². The number of nitriles is 1. The van der Waals surface area contributed by atoms with Crippen molar-refractivity contribution in [3.05, 3.63) is 119 Å². The fourth-order valence-electron chi connectivity index (χ4n) is 3.76. The van der Waals surface area contributed by atoms with E-state index in [0.29, 0.717) is 33.2 Å². The average Bonchev–Trinajstić information content (AvgIpc) is 3.18. The molecule has 168 valence electrons. The summed E-state index contributed by atoms with van der Waals surface area (Å²) in [6.07, 6.45) is 1.68. The van der Waals surface area contributed by atoms with Crippen LogP contribution in [0.4, 0.5) is 10.5 Å². The third-order valence-electron chi connectivity index (χ3n) is 5.45. The molecule has 0 saturated carbocycles. The number of thioether (sulfide) groups is 1. The first kappa shape index (κ1) is 22.2. The summed E-state index contributed by atoms with van der Waals surface area (Å²) in [5.41, 5.74) is 3.37. The van der Waals surface area contributed by atoms with Crippen molar-refractivity contribution < 1.29 is 14.3 Å². The van der Waals surface area contributed by atoms with Crippen LogP contribution < -0.4 is 9.64 Å². The summed E-state index contributed by atoms with van der Waals surface area (Å²) in [6.45, 7) is 0. The number of para-hydroxylation sites is 2. The van der Waals surface area contributed by atoms with Gasteiger partial charge in [0.15, 0.2) is 0 Å². The number of benzene rings is 4. The van der Waals surface area contributed by atoms with E-state index >= 15 is 0 Å². The summed E-state index contributed by atoms with van der Waals surface area (Å²) in [5, 5.41) is 9.00. The summed E-state index contributed by atoms with van der Waals surface area (Å²) < 4.78 is 5.98. The van der Waals surface area contributed by atoms with Gasteiger partial charge in [0.05, 0.1) is 22.2 Å². The van der Waals surface area contributed by atoms with Gasteiger partial charge < -0.3 is 4.74 Å². The molecule has 5 nitrogen and oxygen atoms in total. The molecule has 35 heavy (non-hydrogen) atoms. The molecular formula is C29H18N2O3S. The third-order valence-corrected chi connectivity index (χ3v) is 6.32. The van der Waals surface area contributed by atoms with Crippen molar-refractivity contribution in [2.75, 3.05) is 4.90 Å². The Balaban J connectivity index is 1.41. The van der Waals surface area contributed by atoms with Gasteiger partial charge in [0.1, 0.15) is 11.5 Å². The van der Waals surface area contributed by atoms with Gasteiger partial charge in [-0.3, -0.25) is 9.59 Å². The molecule has 0 N–H and O–H groups in total. The van der Waals surface area contributed by atoms with Crippen LogP contribution in [-0.4, -0.2) is 11.1 Å². The SMILES string of the molecule is N#Cc1ccccc1-c1ccc(N2C(=O)S/C(=C\c3ccccc3Oc3ccccc3)C2=O)cc1. The lowest BCUT2D eigenvalue weighted by Crippen LogP contribution is -2.27. The average molecular weight is 475 g/mol. The first-order valence-electron chi connectivity index (χ1n) is 10.8. The second-order valence-electron chi connectivity index (χ2n) is 7.67. The zero-order chi connectivity index (χ0) is 24.2. The number of amides is 2. The molecule has 6 heteroatoms. The summed E-state index contributed by atoms with van der Waals surface area (Å²) in [6, 6.07) is 33.3. The van der Waals surface area contributed by atoms with Gasteiger partial charge in [-0.1, -0.05) is 66.7 Å². The molecule has 1 fully saturated rings. The van der Waals surface area contributed by atoms with E-state index in [1.165, 1.54) is 0 Å². The van der Waals surface area contributed by atoms with Gasteiger partial charge in [0, 0.05) is 5.56 Å². The quantitative estimate of drug-likeness (QED) is 0.285. The fraction of sp³-hybridized carbons (Fsp3) is 0. The van der Waals surface area contributed by atoms with Gasteiger partial charge in [0.2, 0.25) is 0 Å². The first-order valence-corrected chi connectivity index (χ1v) is 11.6. The van der Waals surface area contributed by atoms with E-state index in [2.05, 4.69) is 6.07 Å². The number of carbonyl (C=O) groups is 2. The summed E-state index contributed by atoms with van der Waals surface area (Å²) in [5.74, 6) is 0.880. The van der Waals surface area contributed by atoms with Crippen LogP contribution >= 0.6 is 11.8 Å². The number of hydrogen-bond acceptors (Lipinski definition) is 5. The maximum absolute atomic E-state index is 13.2. The van der Waals surface area contributed by atoms with Crippen molar-refractivity contribution in [3.8, 4) is 28.7 Å². The van der Waals surface area contributed by atoms with Crippen LogP contribution in [0, 0.1) is 11.3 Å². The number of ether oxygens (including phenoxy) is 1. The predicted octanol–water partition coefficient (Wildman–Crippen LogP) is 7.26. The van der Waals surface area contributed by atoms with Gasteiger partial charge in [-0.2, -0.15) is 5.26 Å². The minimum absolute atomic E-state index is 0.318. The molecule has 4 aromatic rings. The minimum Gasteiger partial charge on any atom is -0.457 e. The summed E-state index contributed by atoms with van der Waals surface area (Å²) in [4.78, 5) is 27.4. The molecule has 0 aromatic heterocycles. The molecule has 0 bridgehead atoms. The van der Waals surface area contributed by atoms with Crippen molar-refractivity contribution in [3.63, 3.8) is 0 Å². The Morgan fingerprint density at radius 1 is 0.800 bits per heavy atom. The Morgan fingerprint density at radius 2 is 1.49 bits per heavy atom. The lowest BCUT2D eigenvalue weighted by Gasteiger charge is -2.13. The number of anilines is 1. The summed E-state index contributed by atoms with van der Waals surface area (Å²) >= 11 is 0.893. The number of rotatable bonds is 5. The molecule has 0 unspecified atom stereocenters. The zero-order valence-corrected chi connectivity index (χ0v) is 19.2. The van der Waals surface area contributed by atoms with E-state index in [-0.39, 0.29) is 11.1 Å². The molecule has 5 rings (SSSR count). The molecule has 1 heterocycles. The lowest BCUT2D eigenvalue weighted by molar-refractivity contribution is -0.113. The number of carbonyl (C=O) groups excluding carboxylic acids is 2. The van der Waals surface area contributed by atoms with Gasteiger partial charge in [-0.25, -0.2) is 4.90 Å². The van der Waals surface area contributed by atoms with Crippen molar-refractivity contribution in [1.29, 1.82) is 5.26 Å². The Labute approximate surface area is 206 Å². The maximum Gasteiger partial charge on any atom is 0.298 e. The molecule has 4 aromatic carbocycles. The van der Waals surface area contributed by atoms with Crippen molar-refractivity contribution in [2.24, 2.45) is 0 Å². The van der Waals surface area contributed by atoms with Gasteiger partial charge in [-0.15, -0.1) is 0 Å². The molecule has 2 amide bonds. The number of imide groups is 1. The molecule has 1 aliphatic rings. The second-order valence-corrected chi connectivity index (χ2v) is 8.67. The fourth-order valence-corrected chi connectivity index (χ4v) is 4.59. The number of hydrogen-bond donors (Lipinski definition) is 0. The first-order chi connectivity index (χ1) is 17.1. The van der Waals surface area contributed by atoms with Crippen LogP contribution in [0.5, 0.6) is 11.5 Å². The Bertz CT molecular complexity index is 1490. The highest BCUT2D eigenvalue weighted by Gasteiger charge is 2.36. The Hall–Kier alpha value is -4.60. The van der Waals surface area contributed by atoms with E-state index in [9.17, 15) is 14.9 Å². The monoisotopic (exact) mass is 474 g/mol. The molecule has 0 spiro atoms. The normalized spacial score (nSPS) is 14.3. The standard InChI is InChI=1S/C29H18N2O3S/c30-19-22-9-4-6-12-25(22)20-14-16-23(17-15-20)31-28(32)27(35-29(31)33)18-21-8-5-7-13-26(21)34-24-10-2-1-3-11-24/h1-18H/b27-18-. The highest BCUT2D eigenvalue weighted by molar-refractivity contribution is 8.19. The van der Waals surface area contributed by atoms with Crippen molar-refractivity contribution >= 4 is 34.7 Å². The highest BCUT2D eigenvalue weighted by Crippen LogP contribution is 2.38. The minimum atomic E-state index is -0.389. The maximum atomic E-state index is 13.2. The Morgan fingerprint density at radius 3 is 2.26 bits per heavy atom. The molecule has 1 aliphatic heterocycles. The van der Waals surface area contributed by atoms with Crippen LogP contribution in [0.15, 0.2) is 108 Å². The highest BCUT2D eigenvalue weighted by atomic mass is 32.2. The topological polar surface area (TPSA) is 70.4 Å². The Kier molecular flexibility index (Phi) is 6.16. The molecular weight excluding hydrogens is 456 g/mol. The van der Waals surface area contributed by atoms with Gasteiger partial charge in [-0.05, 0) is 65.4 Å². The van der Waals surface area contributed by atoms with Crippen LogP contribution in [0.3, 0.4) is 0 Å². The third kappa shape index (κ3) is 4.58. The van der Waals surface area contributed by atoms with Crippen LogP contribution in [0.25, 0.3) is 17.2 Å². The predicted molar refractivity (Wildman–Crippen MR) is 138 cm³/mol. The summed E-state index contributed by atoms with van der Waals surface area (Å²) in [7, 11) is 0. The molecule has 1 saturated heterocycles. The van der Waals surface area contributed by atoms with Gasteiger partial charge >= 0.3 is 0 Å². The number of nitrogens with zero attached hydrogens (tertiary/aromatic N) is 2. The van der Waals surface area contributed by atoms with E-state index in [4.69, 9.17) is 4.74 Å². The zero-order valence-electron chi connectivity index (χ0n) is 18.4. The largest absolute Gasteiger partial charge is 0.457 e. The van der Waals surface area contributed by atoms with Gasteiger partial charge in [0.25, 0.3) is 11.1 Å². The van der Waals surface area contributed by atoms with E-state index in [0.717, 1.165) is 27.8 Å². The van der Waals surface area contributed by atoms with Crippen LogP contribution in [-0.2, 0) is 4.79 Å². The molecule has 0 radical (unpaired) electrons. The second kappa shape index (κ2) is 9.72. The van der Waals surface area contributed by atoms with Crippen LogP contribution in [0.2, 0.25) is 0 Å². The van der Waals surface area contributed by atoms with Crippen molar-refractivity contribution in [2.45, 2.75) is 0 Å². The van der Waals surface area contributed by atoms with Crippen LogP contribution in [0.1, 0.15) is 11.1 Å².